The van der Waals surface area contributed by atoms with Crippen molar-refractivity contribution in [2.24, 2.45) is 11.7 Å². The maximum Gasteiger partial charge on any atom is 0.246 e. The largest absolute Gasteiger partial charge is 0.393 e. The van der Waals surface area contributed by atoms with E-state index < -0.39 is 0 Å². The molecule has 0 aromatic carbocycles. The van der Waals surface area contributed by atoms with Gasteiger partial charge in [0, 0.05) is 19.1 Å². The van der Waals surface area contributed by atoms with E-state index in [2.05, 4.69) is 5.32 Å². The van der Waals surface area contributed by atoms with Crippen molar-refractivity contribution in [3.63, 3.8) is 0 Å². The third-order valence-corrected chi connectivity index (χ3v) is 3.20. The number of ether oxygens (including phenoxy) is 2. The predicted molar refractivity (Wildman–Crippen MR) is 68.8 cm³/mol. The molecule has 2 unspecified atom stereocenters. The van der Waals surface area contributed by atoms with Gasteiger partial charge in [0.1, 0.15) is 6.61 Å². The molecule has 1 aliphatic rings. The fourth-order valence-corrected chi connectivity index (χ4v) is 2.31. The van der Waals surface area contributed by atoms with Crippen LogP contribution in [0.1, 0.15) is 19.3 Å². The van der Waals surface area contributed by atoms with Crippen LogP contribution in [0.25, 0.3) is 0 Å². The number of nitrogens with one attached hydrogen (secondary N) is 1. The van der Waals surface area contributed by atoms with E-state index in [0.717, 1.165) is 19.3 Å². The van der Waals surface area contributed by atoms with Crippen molar-refractivity contribution < 1.29 is 14.3 Å². The van der Waals surface area contributed by atoms with Crippen molar-refractivity contribution in [2.75, 3.05) is 26.9 Å². The van der Waals surface area contributed by atoms with E-state index >= 15 is 0 Å². The molecule has 0 aromatic rings. The summed E-state index contributed by atoms with van der Waals surface area (Å²) in [7, 11) is 1.59. The molecule has 3 N–H and O–H groups in total. The minimum Gasteiger partial charge on any atom is -0.393 e. The molecule has 1 rings (SSSR count). The van der Waals surface area contributed by atoms with E-state index in [0.29, 0.717) is 18.2 Å². The molecule has 0 aliphatic heterocycles. The average molecular weight is 260 g/mol. The fourth-order valence-electron chi connectivity index (χ4n) is 2.03. The molecule has 1 fully saturated rings. The summed E-state index contributed by atoms with van der Waals surface area (Å²) in [6.07, 6.45) is 2.95. The van der Waals surface area contributed by atoms with Gasteiger partial charge in [0.25, 0.3) is 0 Å². The van der Waals surface area contributed by atoms with Gasteiger partial charge in [0.15, 0.2) is 0 Å². The molecule has 5 nitrogen and oxygen atoms in total. The lowest BCUT2D eigenvalue weighted by atomic mass is 10.0. The zero-order valence-corrected chi connectivity index (χ0v) is 10.9. The Hall–Kier alpha value is -0.720. The van der Waals surface area contributed by atoms with Crippen LogP contribution in [0.3, 0.4) is 0 Å². The number of rotatable bonds is 7. The van der Waals surface area contributed by atoms with Crippen molar-refractivity contribution in [3.8, 4) is 0 Å². The van der Waals surface area contributed by atoms with Gasteiger partial charge in [-0.3, -0.25) is 4.79 Å². The number of carbonyl (C=O) groups is 1. The van der Waals surface area contributed by atoms with Crippen LogP contribution in [0.5, 0.6) is 0 Å². The molecular formula is C11H20N2O3S. The third-order valence-electron chi connectivity index (χ3n) is 2.89. The SMILES string of the molecule is COCCOCC(=O)NC1CCCC1C(N)=S. The predicted octanol–water partition coefficient (Wildman–Crippen LogP) is 0.220. The number of hydrogen-bond acceptors (Lipinski definition) is 4. The fraction of sp³-hybridized carbons (Fsp3) is 0.818. The van der Waals surface area contributed by atoms with Crippen LogP contribution in [0.4, 0.5) is 0 Å². The number of carbonyl (C=O) groups excluding carboxylic acids is 1. The highest BCUT2D eigenvalue weighted by atomic mass is 32.1. The Morgan fingerprint density at radius 3 is 2.88 bits per heavy atom. The van der Waals surface area contributed by atoms with Crippen LogP contribution in [0.2, 0.25) is 0 Å². The average Bonchev–Trinajstić information content (AvgIpc) is 2.72. The van der Waals surface area contributed by atoms with Gasteiger partial charge in [-0.2, -0.15) is 0 Å². The molecule has 0 aromatic heterocycles. The van der Waals surface area contributed by atoms with Gasteiger partial charge in [-0.15, -0.1) is 0 Å². The van der Waals surface area contributed by atoms with Crippen LogP contribution in [-0.4, -0.2) is 43.9 Å². The van der Waals surface area contributed by atoms with Gasteiger partial charge in [0.2, 0.25) is 5.91 Å². The summed E-state index contributed by atoms with van der Waals surface area (Å²) in [6.45, 7) is 0.976. The van der Waals surface area contributed by atoms with Gasteiger partial charge in [0.05, 0.1) is 18.2 Å². The lowest BCUT2D eigenvalue weighted by molar-refractivity contribution is -0.126. The van der Waals surface area contributed by atoms with Crippen molar-refractivity contribution >= 4 is 23.1 Å². The summed E-state index contributed by atoms with van der Waals surface area (Å²) in [5, 5.41) is 2.91. The molecule has 0 bridgehead atoms. The first-order chi connectivity index (χ1) is 8.15. The molecule has 6 heteroatoms. The molecule has 0 saturated heterocycles. The van der Waals surface area contributed by atoms with Crippen LogP contribution in [0, 0.1) is 5.92 Å². The van der Waals surface area contributed by atoms with E-state index in [-0.39, 0.29) is 24.5 Å². The summed E-state index contributed by atoms with van der Waals surface area (Å²) in [5.74, 6) is 0.0159. The Morgan fingerprint density at radius 1 is 1.47 bits per heavy atom. The van der Waals surface area contributed by atoms with E-state index in [1.54, 1.807) is 7.11 Å². The zero-order chi connectivity index (χ0) is 12.7. The van der Waals surface area contributed by atoms with Crippen molar-refractivity contribution in [1.82, 2.24) is 5.32 Å². The van der Waals surface area contributed by atoms with Crippen LogP contribution < -0.4 is 11.1 Å². The lowest BCUT2D eigenvalue weighted by Gasteiger charge is -2.19. The van der Waals surface area contributed by atoms with E-state index in [1.165, 1.54) is 0 Å². The first-order valence-electron chi connectivity index (χ1n) is 5.80. The maximum absolute atomic E-state index is 11.6. The number of methoxy groups -OCH3 is 1. The van der Waals surface area contributed by atoms with Crippen molar-refractivity contribution in [3.05, 3.63) is 0 Å². The topological polar surface area (TPSA) is 73.6 Å². The molecule has 0 spiro atoms. The second-order valence-electron chi connectivity index (χ2n) is 4.16. The zero-order valence-electron chi connectivity index (χ0n) is 10.1. The number of nitrogens with two attached hydrogens (primary N) is 1. The van der Waals surface area contributed by atoms with Gasteiger partial charge in [-0.05, 0) is 12.8 Å². The normalized spacial score (nSPS) is 23.6. The van der Waals surface area contributed by atoms with Gasteiger partial charge < -0.3 is 20.5 Å². The molecule has 2 atom stereocenters. The van der Waals surface area contributed by atoms with E-state index in [9.17, 15) is 4.79 Å². The summed E-state index contributed by atoms with van der Waals surface area (Å²) in [5.41, 5.74) is 5.64. The molecule has 1 saturated carbocycles. The number of amides is 1. The van der Waals surface area contributed by atoms with Crippen molar-refractivity contribution in [2.45, 2.75) is 25.3 Å². The third kappa shape index (κ3) is 4.97. The quantitative estimate of drug-likeness (QED) is 0.506. The highest BCUT2D eigenvalue weighted by Crippen LogP contribution is 2.25. The lowest BCUT2D eigenvalue weighted by Crippen LogP contribution is -2.43. The summed E-state index contributed by atoms with van der Waals surface area (Å²) < 4.78 is 9.96. The maximum atomic E-state index is 11.6. The summed E-state index contributed by atoms with van der Waals surface area (Å²) in [6, 6.07) is 0.0750. The first kappa shape index (κ1) is 14.3. The molecule has 0 radical (unpaired) electrons. The number of thiocarbonyl (C=S) groups is 1. The summed E-state index contributed by atoms with van der Waals surface area (Å²) in [4.78, 5) is 12.1. The second kappa shape index (κ2) is 7.58. The Balaban J connectivity index is 2.23. The van der Waals surface area contributed by atoms with Crippen molar-refractivity contribution in [1.29, 1.82) is 0 Å². The van der Waals surface area contributed by atoms with Gasteiger partial charge >= 0.3 is 0 Å². The molecule has 1 aliphatic carbocycles. The first-order valence-corrected chi connectivity index (χ1v) is 6.21. The standard InChI is InChI=1S/C11H20N2O3S/c1-15-5-6-16-7-10(14)13-9-4-2-3-8(9)11(12)17/h8-9H,2-7H2,1H3,(H2,12,17)(H,13,14). The van der Waals surface area contributed by atoms with Crippen LogP contribution >= 0.6 is 12.2 Å². The molecule has 1 amide bonds. The smallest absolute Gasteiger partial charge is 0.246 e. The Bertz CT molecular complexity index is 273. The van der Waals surface area contributed by atoms with E-state index in [1.807, 2.05) is 0 Å². The molecule has 98 valence electrons. The second-order valence-corrected chi connectivity index (χ2v) is 4.63. The Kier molecular flexibility index (Phi) is 6.39. The monoisotopic (exact) mass is 260 g/mol. The molecule has 0 heterocycles. The Morgan fingerprint density at radius 2 is 2.24 bits per heavy atom. The minimum atomic E-state index is -0.116. The van der Waals surface area contributed by atoms with Crippen LogP contribution in [-0.2, 0) is 14.3 Å². The van der Waals surface area contributed by atoms with Gasteiger partial charge in [-0.25, -0.2) is 0 Å². The van der Waals surface area contributed by atoms with Crippen LogP contribution in [0.15, 0.2) is 0 Å². The Labute approximate surface area is 107 Å². The van der Waals surface area contributed by atoms with Gasteiger partial charge in [-0.1, -0.05) is 18.6 Å². The minimum absolute atomic E-state index is 0.0594. The van der Waals surface area contributed by atoms with E-state index in [4.69, 9.17) is 27.4 Å². The molecule has 17 heavy (non-hydrogen) atoms. The molecular weight excluding hydrogens is 240 g/mol. The highest BCUT2D eigenvalue weighted by molar-refractivity contribution is 7.80. The summed E-state index contributed by atoms with van der Waals surface area (Å²) >= 11 is 4.99. The highest BCUT2D eigenvalue weighted by Gasteiger charge is 2.30. The number of hydrogen-bond donors (Lipinski definition) is 2.